The maximum Gasteiger partial charge on any atom is 3.00 e. The molecule has 0 saturated carbocycles. The molecule has 5 aromatic carbocycles. The van der Waals surface area contributed by atoms with Gasteiger partial charge in [0.2, 0.25) is 6.33 Å². The van der Waals surface area contributed by atoms with E-state index in [0.717, 1.165) is 33.4 Å². The minimum atomic E-state index is 0. The Labute approximate surface area is 256 Å². The smallest absolute Gasteiger partial charge is 0.358 e. The first-order chi connectivity index (χ1) is 20.3. The number of benzene rings is 5. The number of fused-ring (bicyclic) bond motifs is 7. The number of para-hydroxylation sites is 4. The fraction of sp³-hybridized carbons (Fsp3) is 0.0270. The standard InChI is InChI=1S/C26H16N3.C11H8N.Ir/c1-27-16-28(25-12-5-4-11-24(25)27)17-13-14-23-21(15-17)20-9-6-8-19-18-7-2-3-10-22(18)29(23)26(19)20;1-2-6-10(7-3-1)11-8-4-5-9-12-11;/h2-14H,1H3;1-6,8-9H;/q2*-1;+3. The van der Waals surface area contributed by atoms with E-state index in [4.69, 9.17) is 0 Å². The van der Waals surface area contributed by atoms with Crippen LogP contribution in [0.4, 0.5) is 0 Å². The van der Waals surface area contributed by atoms with Crippen molar-refractivity contribution in [1.29, 1.82) is 0 Å². The third-order valence-electron chi connectivity index (χ3n) is 7.74. The number of aryl methyl sites for hydroxylation is 1. The van der Waals surface area contributed by atoms with Crippen molar-refractivity contribution in [3.05, 3.63) is 146 Å². The third-order valence-corrected chi connectivity index (χ3v) is 7.74. The number of rotatable bonds is 2. The van der Waals surface area contributed by atoms with Crippen LogP contribution in [0.5, 0.6) is 0 Å². The maximum absolute atomic E-state index is 4.22. The van der Waals surface area contributed by atoms with E-state index in [9.17, 15) is 0 Å². The topological polar surface area (TPSA) is 26.1 Å². The Morgan fingerprint density at radius 3 is 2.26 bits per heavy atom. The van der Waals surface area contributed by atoms with Gasteiger partial charge >= 0.3 is 20.1 Å². The molecule has 0 aliphatic heterocycles. The second-order valence-corrected chi connectivity index (χ2v) is 10.1. The molecule has 0 spiro atoms. The predicted molar refractivity (Wildman–Crippen MR) is 165 cm³/mol. The van der Waals surface area contributed by atoms with Crippen LogP contribution in [-0.4, -0.2) is 14.0 Å². The Bertz CT molecular complexity index is 2280. The normalized spacial score (nSPS) is 11.3. The summed E-state index contributed by atoms with van der Waals surface area (Å²) < 4.78 is 6.52. The molecule has 4 nitrogen and oxygen atoms in total. The van der Waals surface area contributed by atoms with Crippen molar-refractivity contribution in [2.24, 2.45) is 7.05 Å². The maximum atomic E-state index is 4.22. The van der Waals surface area contributed by atoms with Crippen LogP contribution in [0, 0.1) is 18.5 Å². The van der Waals surface area contributed by atoms with Crippen molar-refractivity contribution < 1.29 is 24.7 Å². The monoisotopic (exact) mass is 717 g/mol. The molecule has 200 valence electrons. The molecule has 0 radical (unpaired) electrons. The summed E-state index contributed by atoms with van der Waals surface area (Å²) in [6.07, 6.45) is 5.21. The zero-order valence-electron chi connectivity index (χ0n) is 22.7. The molecule has 9 aromatic rings. The van der Waals surface area contributed by atoms with Crippen molar-refractivity contribution in [2.45, 2.75) is 0 Å². The number of pyridine rings is 1. The van der Waals surface area contributed by atoms with E-state index < -0.39 is 0 Å². The van der Waals surface area contributed by atoms with E-state index in [1.54, 1.807) is 6.20 Å². The van der Waals surface area contributed by atoms with Gasteiger partial charge in [-0.25, -0.2) is 0 Å². The first kappa shape index (κ1) is 26.1. The minimum Gasteiger partial charge on any atom is -0.358 e. The average Bonchev–Trinajstić information content (AvgIpc) is 3.69. The van der Waals surface area contributed by atoms with Crippen molar-refractivity contribution in [1.82, 2.24) is 14.0 Å². The van der Waals surface area contributed by atoms with Crippen LogP contribution in [0.25, 0.3) is 66.1 Å². The summed E-state index contributed by atoms with van der Waals surface area (Å²) in [6.45, 7) is 0. The van der Waals surface area contributed by atoms with Crippen molar-refractivity contribution in [3.8, 4) is 16.9 Å². The van der Waals surface area contributed by atoms with Gasteiger partial charge in [0.05, 0.1) is 18.1 Å². The van der Waals surface area contributed by atoms with Crippen molar-refractivity contribution >= 4 is 49.1 Å². The van der Waals surface area contributed by atoms with Gasteiger partial charge in [-0.3, -0.25) is 0 Å². The molecule has 0 unspecified atom stereocenters. The summed E-state index contributed by atoms with van der Waals surface area (Å²) in [5, 5.41) is 5.00. The molecule has 42 heavy (non-hydrogen) atoms. The first-order valence-electron chi connectivity index (χ1n) is 13.6. The third kappa shape index (κ3) is 4.09. The summed E-state index contributed by atoms with van der Waals surface area (Å²) in [7, 11) is 2.03. The Balaban J connectivity index is 0.000000188. The van der Waals surface area contributed by atoms with E-state index in [2.05, 4.69) is 111 Å². The summed E-state index contributed by atoms with van der Waals surface area (Å²) in [5.74, 6) is 0. The van der Waals surface area contributed by atoms with Crippen molar-refractivity contribution in [3.63, 3.8) is 0 Å². The quantitative estimate of drug-likeness (QED) is 0.133. The molecule has 0 aliphatic rings. The van der Waals surface area contributed by atoms with Gasteiger partial charge in [0.1, 0.15) is 0 Å². The average molecular weight is 717 g/mol. The van der Waals surface area contributed by atoms with E-state index in [1.807, 2.05) is 54.1 Å². The van der Waals surface area contributed by atoms with Gasteiger partial charge in [-0.15, -0.1) is 59.5 Å². The molecule has 5 heteroatoms. The van der Waals surface area contributed by atoms with Crippen LogP contribution in [0.2, 0.25) is 0 Å². The molecule has 0 fully saturated rings. The van der Waals surface area contributed by atoms with Gasteiger partial charge < -0.3 is 18.5 Å². The van der Waals surface area contributed by atoms with E-state index >= 15 is 0 Å². The largest absolute Gasteiger partial charge is 3.00 e. The number of hydrogen-bond donors (Lipinski definition) is 0. The molecule has 0 aliphatic carbocycles. The Hall–Kier alpha value is -4.83. The van der Waals surface area contributed by atoms with Gasteiger partial charge in [0, 0.05) is 22.6 Å². The zero-order chi connectivity index (χ0) is 27.3. The summed E-state index contributed by atoms with van der Waals surface area (Å²) in [4.78, 5) is 4.22. The molecule has 0 N–H and O–H groups in total. The van der Waals surface area contributed by atoms with Gasteiger partial charge in [-0.2, -0.15) is 0 Å². The van der Waals surface area contributed by atoms with Crippen molar-refractivity contribution in [2.75, 3.05) is 0 Å². The second-order valence-electron chi connectivity index (χ2n) is 10.1. The van der Waals surface area contributed by atoms with Gasteiger partial charge in [0.15, 0.2) is 0 Å². The zero-order valence-corrected chi connectivity index (χ0v) is 25.1. The van der Waals surface area contributed by atoms with E-state index in [1.165, 1.54) is 32.7 Å². The summed E-state index contributed by atoms with van der Waals surface area (Å²) in [6, 6.07) is 48.5. The van der Waals surface area contributed by atoms with Gasteiger partial charge in [0.25, 0.3) is 0 Å². The SMILES string of the molecule is C[n+]1[c-]n(-c2[c-]c3c4cccc5c6ccccc6n(c3cc2)c45)c2ccccc21.[Ir+3].[c-]1ccccc1-c1ccccn1. The summed E-state index contributed by atoms with van der Waals surface area (Å²) in [5.41, 5.74) is 9.03. The first-order valence-corrected chi connectivity index (χ1v) is 13.6. The fourth-order valence-electron chi connectivity index (χ4n) is 5.92. The molecular weight excluding hydrogens is 693 g/mol. The van der Waals surface area contributed by atoms with E-state index in [-0.39, 0.29) is 20.1 Å². The Morgan fingerprint density at radius 2 is 1.43 bits per heavy atom. The van der Waals surface area contributed by atoms with Crippen LogP contribution in [0.1, 0.15) is 0 Å². The number of hydrogen-bond acceptors (Lipinski definition) is 1. The number of nitrogens with zero attached hydrogens (tertiary/aromatic N) is 4. The molecule has 0 amide bonds. The molecule has 4 heterocycles. The summed E-state index contributed by atoms with van der Waals surface area (Å²) >= 11 is 0. The molecule has 9 rings (SSSR count). The molecular formula is C37H24IrN4+. The Kier molecular flexibility index (Phi) is 6.54. The van der Waals surface area contributed by atoms with Gasteiger partial charge in [-0.1, -0.05) is 78.2 Å². The Morgan fingerprint density at radius 1 is 0.667 bits per heavy atom. The fourth-order valence-corrected chi connectivity index (χ4v) is 5.92. The van der Waals surface area contributed by atoms with E-state index in [0.29, 0.717) is 0 Å². The minimum absolute atomic E-state index is 0. The molecule has 0 atom stereocenters. The van der Waals surface area contributed by atoms with Gasteiger partial charge in [-0.05, 0) is 34.4 Å². The molecule has 0 saturated heterocycles. The number of imidazole rings is 1. The van der Waals surface area contributed by atoms with Crippen LogP contribution >= 0.6 is 0 Å². The molecule has 4 aromatic heterocycles. The second kappa shape index (κ2) is 10.5. The van der Waals surface area contributed by atoms with Crippen LogP contribution in [0.15, 0.2) is 128 Å². The number of aromatic nitrogens is 4. The predicted octanol–water partition coefficient (Wildman–Crippen LogP) is 7.75. The van der Waals surface area contributed by atoms with Crippen LogP contribution in [0.3, 0.4) is 0 Å². The molecule has 0 bridgehead atoms. The van der Waals surface area contributed by atoms with Crippen LogP contribution < -0.4 is 4.57 Å². The van der Waals surface area contributed by atoms with Crippen LogP contribution in [-0.2, 0) is 27.2 Å².